The molecule has 5 rings (SSSR count). The zero-order chi connectivity index (χ0) is 25.8. The van der Waals surface area contributed by atoms with Crippen LogP contribution in [0.1, 0.15) is 67.8 Å². The quantitative estimate of drug-likeness (QED) is 0.566. The summed E-state index contributed by atoms with van der Waals surface area (Å²) in [5, 5.41) is 3.92. The fourth-order valence-electron chi connectivity index (χ4n) is 6.02. The highest BCUT2D eigenvalue weighted by Crippen LogP contribution is 2.39. The number of rotatable bonds is 2. The van der Waals surface area contributed by atoms with Crippen LogP contribution in [0.5, 0.6) is 5.75 Å². The maximum Gasteiger partial charge on any atom is 0.253 e. The van der Waals surface area contributed by atoms with Gasteiger partial charge in [0.2, 0.25) is 5.91 Å². The van der Waals surface area contributed by atoms with E-state index in [1.807, 2.05) is 42.2 Å². The van der Waals surface area contributed by atoms with Crippen LogP contribution in [0.4, 0.5) is 5.69 Å². The molecule has 3 aliphatic rings. The number of carbonyl (C=O) groups excluding carboxylic acids is 2. The monoisotopic (exact) mass is 523 g/mol. The summed E-state index contributed by atoms with van der Waals surface area (Å²) in [6.45, 7) is 5.57. The van der Waals surface area contributed by atoms with Crippen LogP contribution >= 0.6 is 11.6 Å². The number of para-hydroxylation sites is 1. The molecule has 0 aliphatic carbocycles. The lowest BCUT2D eigenvalue weighted by molar-refractivity contribution is -0.135. The highest BCUT2D eigenvalue weighted by molar-refractivity contribution is 6.33. The van der Waals surface area contributed by atoms with E-state index in [-0.39, 0.29) is 17.9 Å². The normalized spacial score (nSPS) is 22.4. The smallest absolute Gasteiger partial charge is 0.253 e. The molecule has 0 aromatic heterocycles. The Morgan fingerprint density at radius 1 is 1.00 bits per heavy atom. The number of nitrogens with one attached hydrogen (secondary N) is 1. The molecule has 198 valence electrons. The molecule has 2 aromatic carbocycles. The Kier molecular flexibility index (Phi) is 7.94. The summed E-state index contributed by atoms with van der Waals surface area (Å²) >= 11 is 6.48. The van der Waals surface area contributed by atoms with Crippen molar-refractivity contribution in [2.45, 2.75) is 64.3 Å². The number of fused-ring (bicyclic) bond motifs is 1. The van der Waals surface area contributed by atoms with Crippen molar-refractivity contribution in [3.8, 4) is 5.75 Å². The summed E-state index contributed by atoms with van der Waals surface area (Å²) in [5.74, 6) is 1.05. The number of amides is 2. The first-order valence-corrected chi connectivity index (χ1v) is 14.2. The van der Waals surface area contributed by atoms with Crippen molar-refractivity contribution >= 4 is 29.1 Å². The molecule has 2 fully saturated rings. The summed E-state index contributed by atoms with van der Waals surface area (Å²) < 4.78 is 6.07. The van der Waals surface area contributed by atoms with Crippen LogP contribution in [0.25, 0.3) is 0 Å². The Labute approximate surface area is 225 Å². The van der Waals surface area contributed by atoms with Gasteiger partial charge in [-0.05, 0) is 81.7 Å². The summed E-state index contributed by atoms with van der Waals surface area (Å²) in [7, 11) is 0. The third-order valence-electron chi connectivity index (χ3n) is 8.32. The number of carbonyl (C=O) groups is 2. The van der Waals surface area contributed by atoms with Gasteiger partial charge < -0.3 is 19.9 Å². The van der Waals surface area contributed by atoms with Crippen LogP contribution in [0.15, 0.2) is 42.5 Å². The molecule has 7 heteroatoms. The third kappa shape index (κ3) is 5.74. The highest BCUT2D eigenvalue weighted by atomic mass is 35.5. The van der Waals surface area contributed by atoms with E-state index in [0.717, 1.165) is 63.1 Å². The standard InChI is InChI=1S/C30H38ClN3O3/c1-22-21-37-27-10-3-2-8-23(27)9-4-5-13-30(29(36)32-22)14-18-34(19-15-30)28(35)24-11-12-25(31)26(20-24)33-16-6-7-17-33/h2-3,8,10-12,20,22H,4-7,9,13-19,21H2,1H3,(H,32,36)/t22-/m0/s1. The Balaban J connectivity index is 1.26. The lowest BCUT2D eigenvalue weighted by Crippen LogP contribution is -2.52. The van der Waals surface area contributed by atoms with Gasteiger partial charge in [-0.3, -0.25) is 9.59 Å². The van der Waals surface area contributed by atoms with Crippen molar-refractivity contribution in [3.63, 3.8) is 0 Å². The average molecular weight is 524 g/mol. The molecule has 1 N–H and O–H groups in total. The Hall–Kier alpha value is -2.73. The van der Waals surface area contributed by atoms with Crippen molar-refractivity contribution < 1.29 is 14.3 Å². The van der Waals surface area contributed by atoms with Crippen LogP contribution in [-0.4, -0.2) is 55.5 Å². The molecule has 3 aliphatic heterocycles. The van der Waals surface area contributed by atoms with Gasteiger partial charge in [-0.1, -0.05) is 36.2 Å². The molecule has 1 spiro atoms. The first kappa shape index (κ1) is 25.9. The van der Waals surface area contributed by atoms with Gasteiger partial charge in [-0.15, -0.1) is 0 Å². The molecule has 2 amide bonds. The minimum absolute atomic E-state index is 0.0268. The second-order valence-electron chi connectivity index (χ2n) is 10.9. The van der Waals surface area contributed by atoms with E-state index in [9.17, 15) is 9.59 Å². The maximum absolute atomic E-state index is 13.5. The number of aryl methyl sites for hydroxylation is 1. The predicted octanol–water partition coefficient (Wildman–Crippen LogP) is 5.47. The summed E-state index contributed by atoms with van der Waals surface area (Å²) in [4.78, 5) is 31.2. The van der Waals surface area contributed by atoms with E-state index >= 15 is 0 Å². The molecule has 0 radical (unpaired) electrons. The third-order valence-corrected chi connectivity index (χ3v) is 8.64. The van der Waals surface area contributed by atoms with E-state index < -0.39 is 5.41 Å². The Morgan fingerprint density at radius 2 is 1.76 bits per heavy atom. The number of anilines is 1. The molecule has 0 unspecified atom stereocenters. The zero-order valence-corrected chi connectivity index (χ0v) is 22.6. The van der Waals surface area contributed by atoms with Gasteiger partial charge in [-0.25, -0.2) is 0 Å². The van der Waals surface area contributed by atoms with Gasteiger partial charge in [-0.2, -0.15) is 0 Å². The summed E-state index contributed by atoms with van der Waals surface area (Å²) in [6.07, 6.45) is 7.45. The number of hydrogen-bond acceptors (Lipinski definition) is 4. The van der Waals surface area contributed by atoms with Gasteiger partial charge in [0.1, 0.15) is 12.4 Å². The number of piperidine rings is 1. The fraction of sp³-hybridized carbons (Fsp3) is 0.533. The second kappa shape index (κ2) is 11.3. The van der Waals surface area contributed by atoms with E-state index in [2.05, 4.69) is 22.3 Å². The molecular weight excluding hydrogens is 486 g/mol. The van der Waals surface area contributed by atoms with Gasteiger partial charge in [0.15, 0.2) is 0 Å². The minimum atomic E-state index is -0.440. The summed E-state index contributed by atoms with van der Waals surface area (Å²) in [5.41, 5.74) is 2.42. The fourth-order valence-corrected chi connectivity index (χ4v) is 6.26. The number of halogens is 1. The van der Waals surface area contributed by atoms with Crippen molar-refractivity contribution in [3.05, 3.63) is 58.6 Å². The van der Waals surface area contributed by atoms with E-state index in [4.69, 9.17) is 16.3 Å². The second-order valence-corrected chi connectivity index (χ2v) is 11.3. The molecule has 0 bridgehead atoms. The van der Waals surface area contributed by atoms with Crippen LogP contribution in [0, 0.1) is 5.41 Å². The van der Waals surface area contributed by atoms with Crippen molar-refractivity contribution in [2.75, 3.05) is 37.7 Å². The molecule has 2 aromatic rings. The number of nitrogens with zero attached hydrogens (tertiary/aromatic N) is 2. The highest BCUT2D eigenvalue weighted by Gasteiger charge is 2.42. The number of ether oxygens (including phenoxy) is 1. The molecule has 6 nitrogen and oxygen atoms in total. The average Bonchev–Trinajstić information content (AvgIpc) is 3.45. The van der Waals surface area contributed by atoms with Crippen LogP contribution < -0.4 is 15.0 Å². The topological polar surface area (TPSA) is 61.9 Å². The van der Waals surface area contributed by atoms with E-state index in [1.54, 1.807) is 0 Å². The number of likely N-dealkylation sites (tertiary alicyclic amines) is 1. The Bertz CT molecular complexity index is 1120. The molecular formula is C30H38ClN3O3. The lowest BCUT2D eigenvalue weighted by atomic mass is 9.73. The largest absolute Gasteiger partial charge is 0.491 e. The van der Waals surface area contributed by atoms with Crippen LogP contribution in [0.2, 0.25) is 5.02 Å². The lowest BCUT2D eigenvalue weighted by Gasteiger charge is -2.41. The number of benzene rings is 2. The zero-order valence-electron chi connectivity index (χ0n) is 21.8. The van der Waals surface area contributed by atoms with Gasteiger partial charge in [0.25, 0.3) is 5.91 Å². The molecule has 2 saturated heterocycles. The maximum atomic E-state index is 13.5. The van der Waals surface area contributed by atoms with Crippen molar-refractivity contribution in [1.82, 2.24) is 10.2 Å². The van der Waals surface area contributed by atoms with Crippen LogP contribution in [-0.2, 0) is 11.2 Å². The molecule has 1 atom stereocenters. The van der Waals surface area contributed by atoms with Crippen molar-refractivity contribution in [1.29, 1.82) is 0 Å². The van der Waals surface area contributed by atoms with E-state index in [1.165, 1.54) is 5.56 Å². The Morgan fingerprint density at radius 3 is 2.54 bits per heavy atom. The minimum Gasteiger partial charge on any atom is -0.491 e. The first-order chi connectivity index (χ1) is 17.9. The van der Waals surface area contributed by atoms with E-state index in [0.29, 0.717) is 43.1 Å². The van der Waals surface area contributed by atoms with Gasteiger partial charge >= 0.3 is 0 Å². The van der Waals surface area contributed by atoms with Gasteiger partial charge in [0, 0.05) is 31.7 Å². The van der Waals surface area contributed by atoms with Crippen LogP contribution in [0.3, 0.4) is 0 Å². The molecule has 0 saturated carbocycles. The number of hydrogen-bond donors (Lipinski definition) is 1. The molecule has 37 heavy (non-hydrogen) atoms. The first-order valence-electron chi connectivity index (χ1n) is 13.8. The van der Waals surface area contributed by atoms with Crippen molar-refractivity contribution in [2.24, 2.45) is 5.41 Å². The predicted molar refractivity (Wildman–Crippen MR) is 148 cm³/mol. The van der Waals surface area contributed by atoms with Gasteiger partial charge in [0.05, 0.1) is 22.2 Å². The SMILES string of the molecule is C[C@H]1COc2ccccc2CCCCC2(CCN(C(=O)c3ccc(Cl)c(N4CCCC4)c3)CC2)C(=O)N1. The molecule has 3 heterocycles. The summed E-state index contributed by atoms with van der Waals surface area (Å²) in [6, 6.07) is 13.7.